The van der Waals surface area contributed by atoms with E-state index in [0.717, 1.165) is 28.0 Å². The van der Waals surface area contributed by atoms with E-state index >= 15 is 0 Å². The van der Waals surface area contributed by atoms with Crippen LogP contribution in [0.25, 0.3) is 0 Å². The van der Waals surface area contributed by atoms with Crippen LogP contribution in [0, 0.1) is 0 Å². The van der Waals surface area contributed by atoms with Gasteiger partial charge in [0.2, 0.25) is 0 Å². The van der Waals surface area contributed by atoms with Crippen molar-refractivity contribution < 1.29 is 4.79 Å². The van der Waals surface area contributed by atoms with Gasteiger partial charge in [-0.15, -0.1) is 0 Å². The molecule has 0 saturated carbocycles. The smallest absolute Gasteiger partial charge is 0.161 e. The average molecular weight is 333 g/mol. The molecule has 0 atom stereocenters. The zero-order valence-corrected chi connectivity index (χ0v) is 13.2. The van der Waals surface area contributed by atoms with Crippen LogP contribution >= 0.6 is 15.9 Å². The molecule has 0 bridgehead atoms. The minimum Gasteiger partial charge on any atom is -0.365 e. The fourth-order valence-corrected chi connectivity index (χ4v) is 2.47. The molecule has 0 aliphatic rings. The Kier molecular flexibility index (Phi) is 4.90. The summed E-state index contributed by atoms with van der Waals surface area (Å²) in [6, 6.07) is 11.6. The highest BCUT2D eigenvalue weighted by molar-refractivity contribution is 9.10. The van der Waals surface area contributed by atoms with E-state index < -0.39 is 0 Å². The van der Waals surface area contributed by atoms with Crippen molar-refractivity contribution in [1.29, 1.82) is 0 Å². The Morgan fingerprint density at radius 1 is 1.30 bits per heavy atom. The summed E-state index contributed by atoms with van der Waals surface area (Å²) in [7, 11) is 0. The van der Waals surface area contributed by atoms with E-state index in [4.69, 9.17) is 0 Å². The van der Waals surface area contributed by atoms with Gasteiger partial charge in [0.05, 0.1) is 12.2 Å². The number of Topliss-reactive ketones (excluding diaryl/α,β-unsaturated/α-hetero) is 1. The van der Waals surface area contributed by atoms with Crippen molar-refractivity contribution in [2.45, 2.75) is 20.4 Å². The lowest BCUT2D eigenvalue weighted by molar-refractivity contribution is 0.101. The summed E-state index contributed by atoms with van der Waals surface area (Å²) in [6.45, 7) is 5.18. The molecule has 1 aromatic carbocycles. The molecular weight excluding hydrogens is 316 g/mol. The second kappa shape index (κ2) is 6.66. The number of benzene rings is 1. The molecule has 2 rings (SSSR count). The number of pyridine rings is 1. The fraction of sp³-hybridized carbons (Fsp3) is 0.250. The number of nitrogens with zero attached hydrogens (tertiary/aromatic N) is 2. The first kappa shape index (κ1) is 14.7. The zero-order chi connectivity index (χ0) is 14.5. The predicted octanol–water partition coefficient (Wildman–Crippen LogP) is 4.07. The molecule has 0 amide bonds. The van der Waals surface area contributed by atoms with Gasteiger partial charge in [0.1, 0.15) is 0 Å². The molecule has 1 aromatic heterocycles. The lowest BCUT2D eigenvalue weighted by Gasteiger charge is -2.25. The monoisotopic (exact) mass is 332 g/mol. The number of aromatic nitrogens is 1. The molecule has 0 saturated heterocycles. The third-order valence-electron chi connectivity index (χ3n) is 3.14. The van der Waals surface area contributed by atoms with E-state index in [1.807, 2.05) is 36.4 Å². The van der Waals surface area contributed by atoms with Gasteiger partial charge in [0.15, 0.2) is 5.78 Å². The van der Waals surface area contributed by atoms with Crippen molar-refractivity contribution in [1.82, 2.24) is 4.98 Å². The van der Waals surface area contributed by atoms with Crippen LogP contribution in [0.15, 0.2) is 47.1 Å². The van der Waals surface area contributed by atoms with Gasteiger partial charge in [-0.05, 0) is 44.2 Å². The molecule has 0 radical (unpaired) electrons. The highest BCUT2D eigenvalue weighted by Crippen LogP contribution is 2.26. The van der Waals surface area contributed by atoms with Crippen molar-refractivity contribution in [3.63, 3.8) is 0 Å². The van der Waals surface area contributed by atoms with Gasteiger partial charge in [0.25, 0.3) is 0 Å². The van der Waals surface area contributed by atoms with Gasteiger partial charge in [-0.1, -0.05) is 22.0 Å². The summed E-state index contributed by atoms with van der Waals surface area (Å²) in [4.78, 5) is 18.3. The van der Waals surface area contributed by atoms with Crippen molar-refractivity contribution in [2.75, 3.05) is 11.4 Å². The highest BCUT2D eigenvalue weighted by atomic mass is 79.9. The first-order valence-electron chi connectivity index (χ1n) is 6.57. The second-order valence-electron chi connectivity index (χ2n) is 4.55. The third-order valence-corrected chi connectivity index (χ3v) is 3.63. The van der Waals surface area contributed by atoms with E-state index in [0.29, 0.717) is 6.54 Å². The standard InChI is InChI=1S/C16H17BrN2O/c1-3-19(11-14-6-4-5-9-18-14)16-10-13(17)7-8-15(16)12(2)20/h4-10H,3,11H2,1-2H3. The van der Waals surface area contributed by atoms with Crippen LogP contribution in [0.1, 0.15) is 29.9 Å². The molecule has 1 heterocycles. The maximum Gasteiger partial charge on any atom is 0.161 e. The fourth-order valence-electron chi connectivity index (χ4n) is 2.12. The molecule has 20 heavy (non-hydrogen) atoms. The Morgan fingerprint density at radius 3 is 2.70 bits per heavy atom. The molecule has 4 heteroatoms. The molecule has 0 aliphatic heterocycles. The normalized spacial score (nSPS) is 10.3. The number of halogens is 1. The van der Waals surface area contributed by atoms with Crippen molar-refractivity contribution in [3.05, 3.63) is 58.3 Å². The van der Waals surface area contributed by atoms with Crippen LogP contribution in [0.5, 0.6) is 0 Å². The first-order valence-corrected chi connectivity index (χ1v) is 7.36. The SMILES string of the molecule is CCN(Cc1ccccn1)c1cc(Br)ccc1C(C)=O. The largest absolute Gasteiger partial charge is 0.365 e. The minimum atomic E-state index is 0.0759. The van der Waals surface area contributed by atoms with Crippen LogP contribution in [-0.4, -0.2) is 17.3 Å². The average Bonchev–Trinajstić information content (AvgIpc) is 2.45. The van der Waals surface area contributed by atoms with Gasteiger partial charge in [0, 0.05) is 28.5 Å². The first-order chi connectivity index (χ1) is 9.61. The minimum absolute atomic E-state index is 0.0759. The van der Waals surface area contributed by atoms with E-state index in [9.17, 15) is 4.79 Å². The maximum atomic E-state index is 11.8. The number of carbonyl (C=O) groups excluding carboxylic acids is 1. The molecule has 0 aliphatic carbocycles. The van der Waals surface area contributed by atoms with Gasteiger partial charge in [-0.2, -0.15) is 0 Å². The second-order valence-corrected chi connectivity index (χ2v) is 5.47. The molecule has 2 aromatic rings. The van der Waals surface area contributed by atoms with Crippen LogP contribution < -0.4 is 4.90 Å². The van der Waals surface area contributed by atoms with E-state index in [2.05, 4.69) is 32.7 Å². The number of carbonyl (C=O) groups is 1. The topological polar surface area (TPSA) is 33.2 Å². The Hall–Kier alpha value is -1.68. The van der Waals surface area contributed by atoms with Gasteiger partial charge >= 0.3 is 0 Å². The lowest BCUT2D eigenvalue weighted by Crippen LogP contribution is -2.24. The Morgan fingerprint density at radius 2 is 2.10 bits per heavy atom. The van der Waals surface area contributed by atoms with Crippen LogP contribution in [0.2, 0.25) is 0 Å². The van der Waals surface area contributed by atoms with Crippen LogP contribution in [0.4, 0.5) is 5.69 Å². The Balaban J connectivity index is 2.36. The quantitative estimate of drug-likeness (QED) is 0.773. The van der Waals surface area contributed by atoms with Crippen molar-refractivity contribution in [3.8, 4) is 0 Å². The number of hydrogen-bond donors (Lipinski definition) is 0. The summed E-state index contributed by atoms with van der Waals surface area (Å²) in [6.07, 6.45) is 1.79. The molecule has 0 spiro atoms. The molecular formula is C16H17BrN2O. The van der Waals surface area contributed by atoms with E-state index in [1.54, 1.807) is 13.1 Å². The Labute approximate surface area is 127 Å². The predicted molar refractivity (Wildman–Crippen MR) is 85.1 cm³/mol. The van der Waals surface area contributed by atoms with E-state index in [1.165, 1.54) is 0 Å². The molecule has 0 unspecified atom stereocenters. The number of hydrogen-bond acceptors (Lipinski definition) is 3. The van der Waals surface area contributed by atoms with Gasteiger partial charge < -0.3 is 4.90 Å². The molecule has 0 fully saturated rings. The summed E-state index contributed by atoms with van der Waals surface area (Å²) in [5.41, 5.74) is 2.68. The molecule has 104 valence electrons. The third kappa shape index (κ3) is 3.45. The number of ketones is 1. The number of anilines is 1. The number of rotatable bonds is 5. The summed E-state index contributed by atoms with van der Waals surface area (Å²) < 4.78 is 0.969. The summed E-state index contributed by atoms with van der Waals surface area (Å²) >= 11 is 3.47. The Bertz CT molecular complexity index is 599. The maximum absolute atomic E-state index is 11.8. The van der Waals surface area contributed by atoms with Crippen LogP contribution in [0.3, 0.4) is 0 Å². The van der Waals surface area contributed by atoms with E-state index in [-0.39, 0.29) is 5.78 Å². The summed E-state index contributed by atoms with van der Waals surface area (Å²) in [5, 5.41) is 0. The van der Waals surface area contributed by atoms with Gasteiger partial charge in [-0.3, -0.25) is 9.78 Å². The van der Waals surface area contributed by atoms with Crippen molar-refractivity contribution in [2.24, 2.45) is 0 Å². The molecule has 3 nitrogen and oxygen atoms in total. The summed E-state index contributed by atoms with van der Waals surface area (Å²) in [5.74, 6) is 0.0759. The lowest BCUT2D eigenvalue weighted by atomic mass is 10.1. The zero-order valence-electron chi connectivity index (χ0n) is 11.6. The van der Waals surface area contributed by atoms with Crippen molar-refractivity contribution >= 4 is 27.4 Å². The highest BCUT2D eigenvalue weighted by Gasteiger charge is 2.14. The van der Waals surface area contributed by atoms with Gasteiger partial charge in [-0.25, -0.2) is 0 Å². The molecule has 0 N–H and O–H groups in total. The van der Waals surface area contributed by atoms with Crippen LogP contribution in [-0.2, 0) is 6.54 Å².